The van der Waals surface area contributed by atoms with E-state index in [-0.39, 0.29) is 0 Å². The molecule has 1 fully saturated rings. The van der Waals surface area contributed by atoms with Crippen molar-refractivity contribution in [3.63, 3.8) is 0 Å². The summed E-state index contributed by atoms with van der Waals surface area (Å²) in [4.78, 5) is 2.39. The summed E-state index contributed by atoms with van der Waals surface area (Å²) < 4.78 is 1.98. The van der Waals surface area contributed by atoms with Crippen molar-refractivity contribution in [2.24, 2.45) is 7.05 Å². The van der Waals surface area contributed by atoms with Gasteiger partial charge in [-0.25, -0.2) is 0 Å². The molecule has 1 aromatic rings. The maximum atomic E-state index is 4.08. The third kappa shape index (κ3) is 3.02. The Morgan fingerprint density at radius 3 is 3.06 bits per heavy atom. The van der Waals surface area contributed by atoms with Gasteiger partial charge in [-0.2, -0.15) is 0 Å². The summed E-state index contributed by atoms with van der Waals surface area (Å²) in [5.74, 6) is 1.05. The maximum absolute atomic E-state index is 4.08. The summed E-state index contributed by atoms with van der Waals surface area (Å²) in [6.07, 6.45) is 5.31. The van der Waals surface area contributed by atoms with Crippen molar-refractivity contribution in [1.82, 2.24) is 25.0 Å². The van der Waals surface area contributed by atoms with Crippen molar-refractivity contribution in [3.05, 3.63) is 12.2 Å². The van der Waals surface area contributed by atoms with Gasteiger partial charge in [0.05, 0.1) is 0 Å². The van der Waals surface area contributed by atoms with E-state index in [1.54, 1.807) is 6.33 Å². The van der Waals surface area contributed by atoms with Gasteiger partial charge >= 0.3 is 0 Å². The predicted molar refractivity (Wildman–Crippen MR) is 63.2 cm³/mol. The van der Waals surface area contributed by atoms with Gasteiger partial charge in [0.1, 0.15) is 12.2 Å². The Morgan fingerprint density at radius 2 is 2.38 bits per heavy atom. The molecule has 5 nitrogen and oxygen atoms in total. The van der Waals surface area contributed by atoms with Crippen LogP contribution in [0.1, 0.15) is 18.7 Å². The molecule has 0 saturated carbocycles. The Bertz CT molecular complexity index is 322. The first-order chi connectivity index (χ1) is 7.75. The fourth-order valence-electron chi connectivity index (χ4n) is 2.25. The van der Waals surface area contributed by atoms with Crippen molar-refractivity contribution < 1.29 is 0 Å². The Kier molecular flexibility index (Phi) is 3.90. The lowest BCUT2D eigenvalue weighted by Gasteiger charge is -2.30. The molecule has 0 radical (unpaired) electrons. The molecule has 0 spiro atoms. The molecule has 2 heterocycles. The molecule has 1 aliphatic rings. The van der Waals surface area contributed by atoms with Crippen LogP contribution in [-0.2, 0) is 13.5 Å². The van der Waals surface area contributed by atoms with E-state index in [4.69, 9.17) is 0 Å². The number of likely N-dealkylation sites (N-methyl/N-ethyl adjacent to an activating group) is 1. The van der Waals surface area contributed by atoms with Crippen molar-refractivity contribution in [1.29, 1.82) is 0 Å². The fourth-order valence-corrected chi connectivity index (χ4v) is 2.25. The number of nitrogens with zero attached hydrogens (tertiary/aromatic N) is 4. The van der Waals surface area contributed by atoms with Crippen LogP contribution in [0.25, 0.3) is 0 Å². The van der Waals surface area contributed by atoms with E-state index in [1.807, 2.05) is 11.6 Å². The Balaban J connectivity index is 1.70. The van der Waals surface area contributed by atoms with Crippen molar-refractivity contribution >= 4 is 0 Å². The van der Waals surface area contributed by atoms with Crippen LogP contribution in [0.15, 0.2) is 6.33 Å². The predicted octanol–water partition coefficient (Wildman–Crippen LogP) is 0.0414. The zero-order chi connectivity index (χ0) is 11.4. The van der Waals surface area contributed by atoms with Crippen LogP contribution in [-0.4, -0.2) is 52.4 Å². The van der Waals surface area contributed by atoms with Crippen LogP contribution in [0.2, 0.25) is 0 Å². The zero-order valence-corrected chi connectivity index (χ0v) is 10.2. The molecule has 0 bridgehead atoms. The summed E-state index contributed by atoms with van der Waals surface area (Å²) in [7, 11) is 4.18. The standard InChI is InChI=1S/C11H21N5/c1-15-7-3-4-10(8-15)12-6-5-11-14-13-9-16(11)2/h9-10,12H,3-8H2,1-2H3. The van der Waals surface area contributed by atoms with E-state index >= 15 is 0 Å². The minimum absolute atomic E-state index is 0.645. The third-order valence-electron chi connectivity index (χ3n) is 3.21. The fraction of sp³-hybridized carbons (Fsp3) is 0.818. The SMILES string of the molecule is CN1CCCC(NCCc2nncn2C)C1. The number of aryl methyl sites for hydroxylation is 1. The largest absolute Gasteiger partial charge is 0.321 e. The normalized spacial score (nSPS) is 22.5. The number of piperidine rings is 1. The van der Waals surface area contributed by atoms with Crippen LogP contribution >= 0.6 is 0 Å². The van der Waals surface area contributed by atoms with Crippen molar-refractivity contribution in [2.45, 2.75) is 25.3 Å². The van der Waals surface area contributed by atoms with Crippen LogP contribution in [0.4, 0.5) is 0 Å². The van der Waals surface area contributed by atoms with E-state index in [0.29, 0.717) is 6.04 Å². The molecule has 5 heteroatoms. The number of aromatic nitrogens is 3. The van der Waals surface area contributed by atoms with E-state index < -0.39 is 0 Å². The van der Waals surface area contributed by atoms with Gasteiger partial charge < -0.3 is 14.8 Å². The first-order valence-electron chi connectivity index (χ1n) is 6.00. The molecule has 1 aliphatic heterocycles. The van der Waals surface area contributed by atoms with Gasteiger partial charge in [-0.3, -0.25) is 0 Å². The molecule has 0 aromatic carbocycles. The minimum Gasteiger partial charge on any atom is -0.321 e. The van der Waals surface area contributed by atoms with E-state index in [1.165, 1.54) is 25.9 Å². The lowest BCUT2D eigenvalue weighted by atomic mass is 10.1. The van der Waals surface area contributed by atoms with Crippen LogP contribution in [0.5, 0.6) is 0 Å². The summed E-state index contributed by atoms with van der Waals surface area (Å²) in [6.45, 7) is 3.39. The van der Waals surface area contributed by atoms with E-state index in [0.717, 1.165) is 18.8 Å². The number of likely N-dealkylation sites (tertiary alicyclic amines) is 1. The van der Waals surface area contributed by atoms with E-state index in [9.17, 15) is 0 Å². The lowest BCUT2D eigenvalue weighted by molar-refractivity contribution is 0.228. The second-order valence-corrected chi connectivity index (χ2v) is 4.66. The lowest BCUT2D eigenvalue weighted by Crippen LogP contribution is -2.44. The van der Waals surface area contributed by atoms with Gasteiger partial charge in [-0.1, -0.05) is 0 Å². The molecule has 90 valence electrons. The van der Waals surface area contributed by atoms with Gasteiger partial charge in [0.2, 0.25) is 0 Å². The second-order valence-electron chi connectivity index (χ2n) is 4.66. The smallest absolute Gasteiger partial charge is 0.133 e. The van der Waals surface area contributed by atoms with Gasteiger partial charge in [-0.15, -0.1) is 10.2 Å². The monoisotopic (exact) mass is 223 g/mol. The Hall–Kier alpha value is -0.940. The summed E-state index contributed by atoms with van der Waals surface area (Å²) >= 11 is 0. The van der Waals surface area contributed by atoms with Gasteiger partial charge in [0.15, 0.2) is 0 Å². The molecular weight excluding hydrogens is 202 g/mol. The second kappa shape index (κ2) is 5.41. The molecule has 1 N–H and O–H groups in total. The van der Waals surface area contributed by atoms with Crippen molar-refractivity contribution in [2.75, 3.05) is 26.7 Å². The number of nitrogens with one attached hydrogen (secondary N) is 1. The highest BCUT2D eigenvalue weighted by atomic mass is 15.2. The molecular formula is C11H21N5. The van der Waals surface area contributed by atoms with Crippen molar-refractivity contribution in [3.8, 4) is 0 Å². The molecule has 0 aliphatic carbocycles. The van der Waals surface area contributed by atoms with Crippen LogP contribution in [0.3, 0.4) is 0 Å². The van der Waals surface area contributed by atoms with Gasteiger partial charge in [0.25, 0.3) is 0 Å². The summed E-state index contributed by atoms with van der Waals surface area (Å²) in [6, 6.07) is 0.645. The number of hydrogen-bond acceptors (Lipinski definition) is 4. The molecule has 0 amide bonds. The first kappa shape index (κ1) is 11.5. The molecule has 1 saturated heterocycles. The zero-order valence-electron chi connectivity index (χ0n) is 10.2. The maximum Gasteiger partial charge on any atom is 0.133 e. The minimum atomic E-state index is 0.645. The molecule has 16 heavy (non-hydrogen) atoms. The highest BCUT2D eigenvalue weighted by Gasteiger charge is 2.16. The Morgan fingerprint density at radius 1 is 1.50 bits per heavy atom. The summed E-state index contributed by atoms with van der Waals surface area (Å²) in [5.41, 5.74) is 0. The molecule has 1 atom stereocenters. The topological polar surface area (TPSA) is 46.0 Å². The first-order valence-corrected chi connectivity index (χ1v) is 6.00. The average Bonchev–Trinajstić information content (AvgIpc) is 2.65. The quantitative estimate of drug-likeness (QED) is 0.783. The average molecular weight is 223 g/mol. The van der Waals surface area contributed by atoms with Gasteiger partial charge in [-0.05, 0) is 26.4 Å². The number of rotatable bonds is 4. The highest BCUT2D eigenvalue weighted by molar-refractivity contribution is 4.86. The summed E-state index contributed by atoms with van der Waals surface area (Å²) in [5, 5.41) is 11.5. The van der Waals surface area contributed by atoms with E-state index in [2.05, 4.69) is 27.5 Å². The highest BCUT2D eigenvalue weighted by Crippen LogP contribution is 2.07. The Labute approximate surface area is 96.8 Å². The molecule has 1 aromatic heterocycles. The van der Waals surface area contributed by atoms with Crippen LogP contribution in [0, 0.1) is 0 Å². The third-order valence-corrected chi connectivity index (χ3v) is 3.21. The van der Waals surface area contributed by atoms with Crippen LogP contribution < -0.4 is 5.32 Å². The number of hydrogen-bond donors (Lipinski definition) is 1. The molecule has 2 rings (SSSR count). The molecule has 1 unspecified atom stereocenters. The van der Waals surface area contributed by atoms with Gasteiger partial charge in [0, 0.05) is 32.6 Å².